The topological polar surface area (TPSA) is 39.5 Å². The Hall–Kier alpha value is -3.78. The second kappa shape index (κ2) is 7.92. The third kappa shape index (κ3) is 2.69. The predicted octanol–water partition coefficient (Wildman–Crippen LogP) is 6.54. The van der Waals surface area contributed by atoms with E-state index < -0.39 is 11.8 Å². The van der Waals surface area contributed by atoms with Gasteiger partial charge in [-0.2, -0.15) is 10.3 Å². The molecule has 0 N–H and O–H groups in total. The van der Waals surface area contributed by atoms with Crippen molar-refractivity contribution >= 4 is 17.3 Å². The van der Waals surface area contributed by atoms with Gasteiger partial charge >= 0.3 is 0 Å². The molecule has 1 heterocycles. The van der Waals surface area contributed by atoms with Gasteiger partial charge in [0.25, 0.3) is 0 Å². The molecule has 1 aliphatic heterocycles. The molecule has 0 amide bonds. The number of rotatable bonds is 3. The molecular weight excluding hydrogens is 442 g/mol. The highest BCUT2D eigenvalue weighted by atomic mass is 35.5. The minimum absolute atomic E-state index is 0.182. The van der Waals surface area contributed by atoms with Crippen molar-refractivity contribution in [1.29, 1.82) is 5.26 Å². The van der Waals surface area contributed by atoms with Gasteiger partial charge in [-0.15, -0.1) is 0 Å². The first-order chi connectivity index (χ1) is 16.7. The van der Waals surface area contributed by atoms with E-state index in [1.807, 2.05) is 42.5 Å². The van der Waals surface area contributed by atoms with Gasteiger partial charge in [0.05, 0.1) is 11.6 Å². The molecule has 1 saturated heterocycles. The van der Waals surface area contributed by atoms with E-state index in [0.717, 1.165) is 22.4 Å². The molecule has 2 unspecified atom stereocenters. The quantitative estimate of drug-likeness (QED) is 0.323. The zero-order chi connectivity index (χ0) is 23.3. The maximum Gasteiger partial charge on any atom is 0.202 e. The fraction of sp³-hybridized carbons (Fsp3) is 0.138. The molecule has 1 aliphatic carbocycles. The average molecular weight is 464 g/mol. The molecule has 2 atom stereocenters. The lowest BCUT2D eigenvalue weighted by Gasteiger charge is -2.42. The molecule has 34 heavy (non-hydrogen) atoms. The molecule has 0 aromatic heterocycles. The van der Waals surface area contributed by atoms with Gasteiger partial charge in [-0.1, -0.05) is 90.5 Å². The van der Waals surface area contributed by atoms with Crippen LogP contribution in [-0.2, 0) is 10.3 Å². The maximum atomic E-state index is 10.5. The third-order valence-corrected chi connectivity index (χ3v) is 7.32. The van der Waals surface area contributed by atoms with Gasteiger partial charge in [0.2, 0.25) is 6.19 Å². The summed E-state index contributed by atoms with van der Waals surface area (Å²) in [6.07, 6.45) is 1.93. The number of halogens is 1. The molecular formula is C29H22ClN3O. The number of anilines is 1. The van der Waals surface area contributed by atoms with E-state index >= 15 is 0 Å². The average Bonchev–Trinajstić information content (AvgIpc) is 3.36. The summed E-state index contributed by atoms with van der Waals surface area (Å²) in [6, 6.07) is 35.0. The Morgan fingerprint density at radius 2 is 1.35 bits per heavy atom. The van der Waals surface area contributed by atoms with Crippen molar-refractivity contribution in [3.8, 4) is 17.3 Å². The lowest BCUT2D eigenvalue weighted by molar-refractivity contribution is 0.0102. The summed E-state index contributed by atoms with van der Waals surface area (Å²) in [5, 5.41) is 14.9. The summed E-state index contributed by atoms with van der Waals surface area (Å²) < 4.78 is 6.11. The predicted molar refractivity (Wildman–Crippen MR) is 134 cm³/mol. The van der Waals surface area contributed by atoms with Crippen LogP contribution in [0.5, 0.6) is 0 Å². The molecule has 0 radical (unpaired) electrons. The molecule has 2 aliphatic rings. The van der Waals surface area contributed by atoms with Crippen LogP contribution in [0.3, 0.4) is 0 Å². The van der Waals surface area contributed by atoms with E-state index in [1.165, 1.54) is 11.1 Å². The van der Waals surface area contributed by atoms with Crippen LogP contribution in [0.1, 0.15) is 22.6 Å². The fourth-order valence-corrected chi connectivity index (χ4v) is 6.01. The summed E-state index contributed by atoms with van der Waals surface area (Å²) in [6.45, 7) is 0. The van der Waals surface area contributed by atoms with Crippen LogP contribution < -0.4 is 5.01 Å². The van der Waals surface area contributed by atoms with Gasteiger partial charge in [-0.25, -0.2) is 0 Å². The normalized spacial score (nSPS) is 19.7. The Bertz CT molecular complexity index is 1350. The van der Waals surface area contributed by atoms with Crippen molar-refractivity contribution in [2.75, 3.05) is 12.1 Å². The van der Waals surface area contributed by atoms with Gasteiger partial charge in [0.15, 0.2) is 6.23 Å². The SMILES string of the molecule is COC1C(c2ccccc2)C2(c3ccccc3-c3ccccc32)N(c2ccc(Cl)cc2)N1C#N. The van der Waals surface area contributed by atoms with Crippen LogP contribution in [0.2, 0.25) is 5.02 Å². The molecule has 4 nitrogen and oxygen atoms in total. The van der Waals surface area contributed by atoms with E-state index in [9.17, 15) is 5.26 Å². The van der Waals surface area contributed by atoms with Crippen molar-refractivity contribution < 1.29 is 4.74 Å². The number of benzene rings is 4. The van der Waals surface area contributed by atoms with Crippen molar-refractivity contribution in [1.82, 2.24) is 5.01 Å². The Labute approximate surface area is 204 Å². The number of nitriles is 1. The first-order valence-electron chi connectivity index (χ1n) is 11.2. The Kier molecular flexibility index (Phi) is 4.84. The summed E-state index contributed by atoms with van der Waals surface area (Å²) in [7, 11) is 1.68. The third-order valence-electron chi connectivity index (χ3n) is 7.07. The summed E-state index contributed by atoms with van der Waals surface area (Å²) in [5.74, 6) is -0.182. The molecule has 4 aromatic rings. The minimum Gasteiger partial charge on any atom is -0.358 e. The van der Waals surface area contributed by atoms with Crippen LogP contribution in [-0.4, -0.2) is 18.3 Å². The number of methoxy groups -OCH3 is 1. The molecule has 0 saturated carbocycles. The van der Waals surface area contributed by atoms with Crippen LogP contribution >= 0.6 is 11.6 Å². The van der Waals surface area contributed by atoms with Crippen molar-refractivity contribution in [2.24, 2.45) is 0 Å². The molecule has 166 valence electrons. The largest absolute Gasteiger partial charge is 0.358 e. The molecule has 6 rings (SSSR count). The van der Waals surface area contributed by atoms with E-state index in [0.29, 0.717) is 5.02 Å². The molecule has 0 bridgehead atoms. The van der Waals surface area contributed by atoms with Crippen molar-refractivity contribution in [2.45, 2.75) is 17.7 Å². The second-order valence-corrected chi connectivity index (χ2v) is 9.04. The first-order valence-corrected chi connectivity index (χ1v) is 11.6. The lowest BCUT2D eigenvalue weighted by atomic mass is 9.72. The van der Waals surface area contributed by atoms with Crippen LogP contribution in [0.4, 0.5) is 5.69 Å². The van der Waals surface area contributed by atoms with Crippen molar-refractivity contribution in [3.63, 3.8) is 0 Å². The van der Waals surface area contributed by atoms with Crippen molar-refractivity contribution in [3.05, 3.63) is 125 Å². The minimum atomic E-state index is -0.696. The van der Waals surface area contributed by atoms with Crippen LogP contribution in [0.25, 0.3) is 11.1 Å². The number of hydrogen-bond donors (Lipinski definition) is 0. The van der Waals surface area contributed by atoms with E-state index in [2.05, 4.69) is 71.9 Å². The van der Waals surface area contributed by atoms with Gasteiger partial charge < -0.3 is 4.74 Å². The zero-order valence-corrected chi connectivity index (χ0v) is 19.4. The Morgan fingerprint density at radius 3 is 1.91 bits per heavy atom. The maximum absolute atomic E-state index is 10.5. The zero-order valence-electron chi connectivity index (χ0n) is 18.6. The van der Waals surface area contributed by atoms with Gasteiger partial charge in [-0.05, 0) is 52.1 Å². The summed E-state index contributed by atoms with van der Waals surface area (Å²) in [4.78, 5) is 0. The highest BCUT2D eigenvalue weighted by molar-refractivity contribution is 6.30. The summed E-state index contributed by atoms with van der Waals surface area (Å²) >= 11 is 6.26. The van der Waals surface area contributed by atoms with E-state index in [4.69, 9.17) is 16.3 Å². The summed E-state index contributed by atoms with van der Waals surface area (Å²) in [5.41, 5.74) is 5.94. The lowest BCUT2D eigenvalue weighted by Crippen LogP contribution is -2.48. The van der Waals surface area contributed by atoms with Gasteiger partial charge in [-0.3, -0.25) is 5.01 Å². The van der Waals surface area contributed by atoms with Gasteiger partial charge in [0, 0.05) is 12.1 Å². The number of hydrazine groups is 1. The van der Waals surface area contributed by atoms with Gasteiger partial charge in [0.1, 0.15) is 5.54 Å². The standard InChI is InChI=1S/C29H22ClN3O/c1-34-28-27(20-9-3-2-4-10-20)29(33(32(28)19-31)22-17-15-21(30)16-18-22)25-13-7-5-11-23(25)24-12-6-8-14-26(24)29/h2-18,27-28H,1H3. The monoisotopic (exact) mass is 463 g/mol. The molecule has 1 spiro atoms. The first kappa shape index (κ1) is 20.8. The van der Waals surface area contributed by atoms with E-state index in [-0.39, 0.29) is 5.92 Å². The highest BCUT2D eigenvalue weighted by Crippen LogP contribution is 2.63. The number of fused-ring (bicyclic) bond motifs is 5. The number of hydrogen-bond acceptors (Lipinski definition) is 4. The van der Waals surface area contributed by atoms with E-state index in [1.54, 1.807) is 12.1 Å². The highest BCUT2D eigenvalue weighted by Gasteiger charge is 2.64. The fourth-order valence-electron chi connectivity index (χ4n) is 5.89. The number of nitrogens with zero attached hydrogens (tertiary/aromatic N) is 3. The smallest absolute Gasteiger partial charge is 0.202 e. The van der Waals surface area contributed by atoms with Crippen LogP contribution in [0, 0.1) is 11.5 Å². The Balaban J connectivity index is 1.76. The second-order valence-electron chi connectivity index (χ2n) is 8.60. The molecule has 4 aromatic carbocycles. The number of ether oxygens (including phenoxy) is 1. The Morgan fingerprint density at radius 1 is 0.794 bits per heavy atom. The molecule has 1 fully saturated rings. The van der Waals surface area contributed by atoms with Crippen LogP contribution in [0.15, 0.2) is 103 Å². The molecule has 5 heteroatoms.